The number of hydrogen-bond acceptors (Lipinski definition) is 7. The number of carbonyl (C=O) groups is 1. The van der Waals surface area contributed by atoms with Crippen LogP contribution in [0.25, 0.3) is 0 Å². The highest BCUT2D eigenvalue weighted by atomic mass is 32.2. The molecule has 1 aromatic carbocycles. The Balaban J connectivity index is 1.82. The van der Waals surface area contributed by atoms with E-state index in [2.05, 4.69) is 15.8 Å². The molecule has 3 heterocycles. The van der Waals surface area contributed by atoms with E-state index in [0.29, 0.717) is 40.5 Å². The largest absolute Gasteiger partial charge is 0.495 e. The molecule has 2 aliphatic heterocycles. The van der Waals surface area contributed by atoms with E-state index in [1.165, 1.54) is 37.8 Å². The van der Waals surface area contributed by atoms with Crippen molar-refractivity contribution in [2.75, 3.05) is 25.7 Å². The minimum Gasteiger partial charge on any atom is -0.495 e. The van der Waals surface area contributed by atoms with Gasteiger partial charge in [-0.15, -0.1) is 0 Å². The fourth-order valence-corrected chi connectivity index (χ4v) is 10.0. The minimum atomic E-state index is -3.37. The van der Waals surface area contributed by atoms with E-state index >= 15 is 4.39 Å². The first-order valence-electron chi connectivity index (χ1n) is 12.9. The fourth-order valence-electron chi connectivity index (χ4n) is 5.64. The summed E-state index contributed by atoms with van der Waals surface area (Å²) in [6.45, 7) is 5.75. The van der Waals surface area contributed by atoms with Crippen molar-refractivity contribution in [2.24, 2.45) is 10.7 Å². The molecule has 0 fully saturated rings. The summed E-state index contributed by atoms with van der Waals surface area (Å²) in [4.78, 5) is 22.0. The lowest BCUT2D eigenvalue weighted by atomic mass is 9.73. The van der Waals surface area contributed by atoms with Crippen LogP contribution in [0.5, 0.6) is 5.75 Å². The molecule has 3 N–H and O–H groups in total. The number of nitrogens with zero attached hydrogens (tertiary/aromatic N) is 3. The van der Waals surface area contributed by atoms with Gasteiger partial charge in [-0.1, -0.05) is 20.3 Å². The van der Waals surface area contributed by atoms with Gasteiger partial charge in [-0.2, -0.15) is 3.89 Å². The number of methoxy groups -OCH3 is 1. The van der Waals surface area contributed by atoms with E-state index in [1.807, 2.05) is 27.8 Å². The number of aliphatic imine (C=N–C) groups is 1. The number of aromatic nitrogens is 1. The van der Waals surface area contributed by atoms with Gasteiger partial charge in [-0.25, -0.2) is 22.8 Å². The van der Waals surface area contributed by atoms with E-state index in [9.17, 15) is 13.2 Å². The van der Waals surface area contributed by atoms with Gasteiger partial charge in [0.15, 0.2) is 5.49 Å². The Morgan fingerprint density at radius 1 is 1.28 bits per heavy atom. The number of fused-ring (bicyclic) bond motifs is 1. The maximum absolute atomic E-state index is 15.8. The van der Waals surface area contributed by atoms with Crippen molar-refractivity contribution in [1.29, 1.82) is 0 Å². The average Bonchev–Trinajstić information content (AvgIpc) is 3.60. The zero-order valence-corrected chi connectivity index (χ0v) is 24.8. The summed E-state index contributed by atoms with van der Waals surface area (Å²) in [5.41, 5.74) is 8.20. The highest BCUT2D eigenvalue weighted by Gasteiger charge is 2.69. The molecule has 5 atom stereocenters. The first-order chi connectivity index (χ1) is 18.3. The summed E-state index contributed by atoms with van der Waals surface area (Å²) in [5, 5.41) is 2.19. The van der Waals surface area contributed by atoms with Crippen LogP contribution in [-0.4, -0.2) is 65.1 Å². The second kappa shape index (κ2) is 10.3. The Morgan fingerprint density at radius 3 is 2.56 bits per heavy atom. The van der Waals surface area contributed by atoms with Crippen LogP contribution in [0.1, 0.15) is 62.5 Å². The zero-order valence-electron chi connectivity index (χ0n) is 23.2. The number of carbonyl (C=O) groups excluding carboxylic acids is 1. The third-order valence-corrected chi connectivity index (χ3v) is 12.8. The van der Waals surface area contributed by atoms with Crippen LogP contribution in [0.3, 0.4) is 0 Å². The van der Waals surface area contributed by atoms with Crippen molar-refractivity contribution in [3.05, 3.63) is 53.6 Å². The molecule has 0 saturated carbocycles. The van der Waals surface area contributed by atoms with Crippen LogP contribution >= 0.6 is 10.7 Å². The molecule has 212 valence electrons. The standard InChI is InChI=1S/C27H36FN5O4S2/c1-7-13-27(15-20(8-2)39(6,35)36)26(3,32-25(29)33(4)17-38(27)33)21-14-18(9-11-22(21)28)31-24(34)23-12-10-19(37-5)16-30-23/h9-12,14,16-17,20H,7-8,13,15H2,1-6H3,(H2-,29,31,32,34)/p+1. The van der Waals surface area contributed by atoms with E-state index in [-0.39, 0.29) is 11.3 Å². The number of ether oxygens (including phenoxy) is 1. The SMILES string of the molecule is CCCC1(CC(CC)S(C)(=O)=O)S2=C[N+]2(C)C(N)=NC1(C)c1cc(NC(=O)c2ccc(OC)cn2)ccc1F. The molecule has 12 heteroatoms. The van der Waals surface area contributed by atoms with Gasteiger partial charge in [-0.3, -0.25) is 4.79 Å². The molecule has 0 saturated heterocycles. The predicted molar refractivity (Wildman–Crippen MR) is 155 cm³/mol. The monoisotopic (exact) mass is 578 g/mol. The average molecular weight is 579 g/mol. The number of quaternary nitrogens is 1. The summed E-state index contributed by atoms with van der Waals surface area (Å²) in [6.07, 6.45) is 4.85. The third kappa shape index (κ3) is 4.98. The van der Waals surface area contributed by atoms with Crippen LogP contribution in [0.2, 0.25) is 0 Å². The Hall–Kier alpha value is -2.83. The number of nitrogens with two attached hydrogens (primary N) is 1. The lowest BCUT2D eigenvalue weighted by Gasteiger charge is -2.48. The zero-order chi connectivity index (χ0) is 28.8. The maximum atomic E-state index is 15.8. The molecule has 0 aliphatic carbocycles. The number of benzene rings is 1. The van der Waals surface area contributed by atoms with Crippen molar-refractivity contribution in [3.8, 4) is 5.75 Å². The van der Waals surface area contributed by atoms with Crippen molar-refractivity contribution < 1.29 is 26.2 Å². The molecule has 39 heavy (non-hydrogen) atoms. The second-order valence-corrected chi connectivity index (χ2v) is 15.2. The number of halogens is 1. The van der Waals surface area contributed by atoms with Gasteiger partial charge in [0.25, 0.3) is 5.91 Å². The Kier molecular flexibility index (Phi) is 7.69. The molecule has 2 aliphatic rings. The third-order valence-electron chi connectivity index (χ3n) is 7.97. The number of nitrogens with one attached hydrogen (secondary N) is 1. The van der Waals surface area contributed by atoms with Gasteiger partial charge in [0.2, 0.25) is 0 Å². The molecule has 0 spiro atoms. The number of anilines is 1. The number of amides is 1. The molecule has 9 nitrogen and oxygen atoms in total. The summed E-state index contributed by atoms with van der Waals surface area (Å²) in [6, 6.07) is 7.54. The summed E-state index contributed by atoms with van der Waals surface area (Å²) >= 11 is 0. The van der Waals surface area contributed by atoms with Gasteiger partial charge >= 0.3 is 5.96 Å². The molecule has 0 radical (unpaired) electrons. The van der Waals surface area contributed by atoms with Crippen molar-refractivity contribution in [3.63, 3.8) is 0 Å². The number of guanidine groups is 1. The number of rotatable bonds is 10. The summed E-state index contributed by atoms with van der Waals surface area (Å²) in [5.74, 6) is -0.0805. The lowest BCUT2D eigenvalue weighted by molar-refractivity contribution is -0.529. The summed E-state index contributed by atoms with van der Waals surface area (Å²) in [7, 11) is -0.388. The van der Waals surface area contributed by atoms with Crippen molar-refractivity contribution >= 4 is 43.6 Å². The minimum absolute atomic E-state index is 0.175. The number of pyridine rings is 1. The van der Waals surface area contributed by atoms with Crippen LogP contribution in [-0.2, 0) is 15.4 Å². The van der Waals surface area contributed by atoms with Gasteiger partial charge < -0.3 is 15.8 Å². The van der Waals surface area contributed by atoms with E-state index in [4.69, 9.17) is 15.5 Å². The molecule has 1 amide bonds. The van der Waals surface area contributed by atoms with Crippen LogP contribution in [0.15, 0.2) is 41.5 Å². The fraction of sp³-hybridized carbons (Fsp3) is 0.481. The maximum Gasteiger partial charge on any atom is 0.312 e. The van der Waals surface area contributed by atoms with Gasteiger partial charge in [0.05, 0.1) is 41.0 Å². The van der Waals surface area contributed by atoms with Crippen LogP contribution < -0.4 is 15.8 Å². The van der Waals surface area contributed by atoms with E-state index in [0.717, 1.165) is 6.42 Å². The first kappa shape index (κ1) is 29.2. The Bertz CT molecular complexity index is 1460. The van der Waals surface area contributed by atoms with Gasteiger partial charge in [-0.05, 0) is 56.5 Å². The predicted octanol–water partition coefficient (Wildman–Crippen LogP) is 4.18. The van der Waals surface area contributed by atoms with Gasteiger partial charge in [0.1, 0.15) is 32.6 Å². The van der Waals surface area contributed by atoms with Crippen molar-refractivity contribution in [2.45, 2.75) is 62.0 Å². The van der Waals surface area contributed by atoms with Gasteiger partial charge in [0, 0.05) is 17.5 Å². The highest BCUT2D eigenvalue weighted by Crippen LogP contribution is 2.66. The molecule has 2 aromatic rings. The molecule has 0 bridgehead atoms. The van der Waals surface area contributed by atoms with Crippen LogP contribution in [0.4, 0.5) is 10.1 Å². The second-order valence-electron chi connectivity index (χ2n) is 10.5. The smallest absolute Gasteiger partial charge is 0.312 e. The molecule has 5 unspecified atom stereocenters. The molecule has 1 aromatic heterocycles. The Morgan fingerprint density at radius 2 is 2.00 bits per heavy atom. The number of hydrogen-bond donors (Lipinski definition) is 2. The molecule has 4 rings (SSSR count). The van der Waals surface area contributed by atoms with E-state index < -0.39 is 47.8 Å². The topological polar surface area (TPSA) is 124 Å². The Labute approximate surface area is 232 Å². The van der Waals surface area contributed by atoms with Crippen LogP contribution in [0, 0.1) is 5.82 Å². The molecular weight excluding hydrogens is 541 g/mol. The first-order valence-corrected chi connectivity index (χ1v) is 16.1. The normalized spacial score (nSPS) is 28.5. The highest BCUT2D eigenvalue weighted by molar-refractivity contribution is 8.17. The van der Waals surface area contributed by atoms with E-state index in [1.54, 1.807) is 12.1 Å². The lowest BCUT2D eigenvalue weighted by Crippen LogP contribution is -2.57. The molecular formula is C27H37FN5O4S2+. The quantitative estimate of drug-likeness (QED) is 0.322. The number of sulfone groups is 1. The van der Waals surface area contributed by atoms with Crippen molar-refractivity contribution in [1.82, 2.24) is 4.98 Å². The summed E-state index contributed by atoms with van der Waals surface area (Å²) < 4.78 is 46.1.